The van der Waals surface area contributed by atoms with Gasteiger partial charge in [-0.05, 0) is 48.0 Å². The number of nitrogens with zero attached hydrogens (tertiary/aromatic N) is 2. The van der Waals surface area contributed by atoms with Crippen molar-refractivity contribution < 1.29 is 23.5 Å². The molecule has 0 unspecified atom stereocenters. The lowest BCUT2D eigenvalue weighted by molar-refractivity contribution is -0.118. The Labute approximate surface area is 202 Å². The van der Waals surface area contributed by atoms with Gasteiger partial charge in [-0.1, -0.05) is 36.0 Å². The Morgan fingerprint density at radius 3 is 2.71 bits per heavy atom. The Morgan fingerprint density at radius 1 is 1.12 bits per heavy atom. The van der Waals surface area contributed by atoms with Crippen LogP contribution in [-0.2, 0) is 4.79 Å². The summed E-state index contributed by atoms with van der Waals surface area (Å²) in [5.74, 6) is -1.23. The Kier molecular flexibility index (Phi) is 7.51. The number of aromatic nitrogens is 1. The van der Waals surface area contributed by atoms with Crippen LogP contribution in [0, 0.1) is 5.82 Å². The molecule has 0 saturated carbocycles. The summed E-state index contributed by atoms with van der Waals surface area (Å²) in [6.07, 6.45) is 1.44. The molecule has 10 heteroatoms. The number of benzene rings is 3. The average Bonchev–Trinajstić information content (AvgIpc) is 3.27. The molecular formula is C24H18FN3O4S2. The second-order valence-corrected chi connectivity index (χ2v) is 9.06. The standard InChI is InChI=1S/C24H18FN3O4S2/c1-31-20-12-15(10-11-19(20)32-23(30)16-6-2-3-7-17(16)25)13-26-28-22(29)14-33-24-27-18-8-4-5-9-21(18)34-24/h2-13H,14H2,1H3,(H,28,29)/b26-13+. The smallest absolute Gasteiger partial charge is 0.346 e. The Balaban J connectivity index is 1.33. The van der Waals surface area contributed by atoms with Crippen LogP contribution >= 0.6 is 23.1 Å². The third-order valence-electron chi connectivity index (χ3n) is 4.49. The number of para-hydroxylation sites is 1. The molecule has 3 aromatic carbocycles. The third-order valence-corrected chi connectivity index (χ3v) is 6.67. The van der Waals surface area contributed by atoms with Crippen LogP contribution in [0.25, 0.3) is 10.2 Å². The molecule has 1 N–H and O–H groups in total. The second kappa shape index (κ2) is 10.9. The molecule has 4 rings (SSSR count). The second-order valence-electron chi connectivity index (χ2n) is 6.81. The fourth-order valence-corrected chi connectivity index (χ4v) is 4.74. The van der Waals surface area contributed by atoms with Gasteiger partial charge in [0.15, 0.2) is 15.8 Å². The molecule has 0 aliphatic carbocycles. The number of esters is 1. The van der Waals surface area contributed by atoms with Crippen molar-refractivity contribution in [3.8, 4) is 11.5 Å². The Morgan fingerprint density at radius 2 is 1.91 bits per heavy atom. The monoisotopic (exact) mass is 495 g/mol. The number of rotatable bonds is 8. The van der Waals surface area contributed by atoms with Crippen LogP contribution in [0.15, 0.2) is 76.2 Å². The molecule has 0 atom stereocenters. The van der Waals surface area contributed by atoms with Crippen molar-refractivity contribution in [2.75, 3.05) is 12.9 Å². The zero-order chi connectivity index (χ0) is 23.9. The molecule has 0 spiro atoms. The van der Waals surface area contributed by atoms with Gasteiger partial charge in [0.1, 0.15) is 5.82 Å². The third kappa shape index (κ3) is 5.77. The van der Waals surface area contributed by atoms with Crippen molar-refractivity contribution in [3.05, 3.63) is 83.7 Å². The fourth-order valence-electron chi connectivity index (χ4n) is 2.88. The van der Waals surface area contributed by atoms with E-state index in [0.29, 0.717) is 5.56 Å². The number of amides is 1. The van der Waals surface area contributed by atoms with Crippen LogP contribution in [0.1, 0.15) is 15.9 Å². The van der Waals surface area contributed by atoms with Crippen LogP contribution in [0.2, 0.25) is 0 Å². The predicted octanol–water partition coefficient (Wildman–Crippen LogP) is 4.91. The molecule has 0 bridgehead atoms. The van der Waals surface area contributed by atoms with Gasteiger partial charge in [-0.2, -0.15) is 5.10 Å². The highest BCUT2D eigenvalue weighted by Gasteiger charge is 2.16. The number of carbonyl (C=O) groups excluding carboxylic acids is 2. The maximum Gasteiger partial charge on any atom is 0.346 e. The topological polar surface area (TPSA) is 89.9 Å². The van der Waals surface area contributed by atoms with E-state index in [1.807, 2.05) is 24.3 Å². The summed E-state index contributed by atoms with van der Waals surface area (Å²) in [6, 6.07) is 18.0. The molecule has 4 aromatic rings. The van der Waals surface area contributed by atoms with Gasteiger partial charge in [0.2, 0.25) is 0 Å². The van der Waals surface area contributed by atoms with Gasteiger partial charge >= 0.3 is 5.97 Å². The minimum Gasteiger partial charge on any atom is -0.493 e. The largest absolute Gasteiger partial charge is 0.493 e. The number of methoxy groups -OCH3 is 1. The maximum absolute atomic E-state index is 13.8. The predicted molar refractivity (Wildman–Crippen MR) is 130 cm³/mol. The molecule has 0 aliphatic heterocycles. The maximum atomic E-state index is 13.8. The van der Waals surface area contributed by atoms with E-state index in [9.17, 15) is 14.0 Å². The minimum absolute atomic E-state index is 0.129. The molecule has 34 heavy (non-hydrogen) atoms. The zero-order valence-corrected chi connectivity index (χ0v) is 19.5. The molecule has 172 valence electrons. The number of ether oxygens (including phenoxy) is 2. The molecular weight excluding hydrogens is 477 g/mol. The highest BCUT2D eigenvalue weighted by molar-refractivity contribution is 8.01. The summed E-state index contributed by atoms with van der Waals surface area (Å²) in [6.45, 7) is 0. The lowest BCUT2D eigenvalue weighted by Crippen LogP contribution is -2.19. The van der Waals surface area contributed by atoms with Crippen molar-refractivity contribution >= 4 is 51.4 Å². The molecule has 7 nitrogen and oxygen atoms in total. The summed E-state index contributed by atoms with van der Waals surface area (Å²) < 4.78 is 26.2. The molecule has 0 aliphatic rings. The first kappa shape index (κ1) is 23.4. The van der Waals surface area contributed by atoms with E-state index in [2.05, 4.69) is 15.5 Å². The summed E-state index contributed by atoms with van der Waals surface area (Å²) in [5.41, 5.74) is 3.79. The quantitative estimate of drug-likeness (QED) is 0.123. The van der Waals surface area contributed by atoms with E-state index in [1.165, 1.54) is 60.7 Å². The van der Waals surface area contributed by atoms with Crippen LogP contribution in [0.4, 0.5) is 4.39 Å². The van der Waals surface area contributed by atoms with Crippen molar-refractivity contribution in [3.63, 3.8) is 0 Å². The molecule has 1 aromatic heterocycles. The first-order valence-electron chi connectivity index (χ1n) is 9.98. The van der Waals surface area contributed by atoms with Gasteiger partial charge in [-0.15, -0.1) is 11.3 Å². The van der Waals surface area contributed by atoms with Crippen LogP contribution in [-0.4, -0.2) is 35.9 Å². The van der Waals surface area contributed by atoms with Gasteiger partial charge in [0.05, 0.1) is 34.9 Å². The molecule has 0 fully saturated rings. The highest BCUT2D eigenvalue weighted by Crippen LogP contribution is 2.30. The Hall–Kier alpha value is -3.76. The molecule has 1 amide bonds. The molecule has 1 heterocycles. The summed E-state index contributed by atoms with van der Waals surface area (Å²) in [5, 5.41) is 3.95. The van der Waals surface area contributed by atoms with E-state index in [-0.39, 0.29) is 28.7 Å². The van der Waals surface area contributed by atoms with Gasteiger partial charge in [-0.25, -0.2) is 19.6 Å². The number of hydrazone groups is 1. The number of carbonyl (C=O) groups is 2. The summed E-state index contributed by atoms with van der Waals surface area (Å²) in [4.78, 5) is 28.8. The van der Waals surface area contributed by atoms with E-state index in [4.69, 9.17) is 9.47 Å². The van der Waals surface area contributed by atoms with Gasteiger partial charge in [-0.3, -0.25) is 4.79 Å². The number of halogens is 1. The van der Waals surface area contributed by atoms with Crippen molar-refractivity contribution in [2.45, 2.75) is 4.34 Å². The number of fused-ring (bicyclic) bond motifs is 1. The molecule has 0 saturated heterocycles. The normalized spacial score (nSPS) is 11.0. The van der Waals surface area contributed by atoms with Crippen molar-refractivity contribution in [2.24, 2.45) is 5.10 Å². The zero-order valence-electron chi connectivity index (χ0n) is 17.9. The van der Waals surface area contributed by atoms with Crippen molar-refractivity contribution in [1.29, 1.82) is 0 Å². The van der Waals surface area contributed by atoms with Gasteiger partial charge < -0.3 is 9.47 Å². The van der Waals surface area contributed by atoms with Crippen molar-refractivity contribution in [1.82, 2.24) is 10.4 Å². The van der Waals surface area contributed by atoms with Crippen LogP contribution in [0.5, 0.6) is 11.5 Å². The number of hydrogen-bond acceptors (Lipinski definition) is 8. The average molecular weight is 496 g/mol. The lowest BCUT2D eigenvalue weighted by Gasteiger charge is -2.10. The van der Waals surface area contributed by atoms with Gasteiger partial charge in [0.25, 0.3) is 5.91 Å². The number of hydrogen-bond donors (Lipinski definition) is 1. The van der Waals surface area contributed by atoms with E-state index in [1.54, 1.807) is 18.2 Å². The van der Waals surface area contributed by atoms with E-state index in [0.717, 1.165) is 14.6 Å². The van der Waals surface area contributed by atoms with Gasteiger partial charge in [0, 0.05) is 0 Å². The Bertz CT molecular complexity index is 1340. The summed E-state index contributed by atoms with van der Waals surface area (Å²) >= 11 is 2.87. The summed E-state index contributed by atoms with van der Waals surface area (Å²) in [7, 11) is 1.41. The fraction of sp³-hybridized carbons (Fsp3) is 0.0833. The first-order valence-corrected chi connectivity index (χ1v) is 11.8. The number of nitrogens with one attached hydrogen (secondary N) is 1. The number of thioether (sulfide) groups is 1. The lowest BCUT2D eigenvalue weighted by atomic mass is 10.2. The van der Waals surface area contributed by atoms with Crippen LogP contribution < -0.4 is 14.9 Å². The first-order chi connectivity index (χ1) is 16.5. The highest BCUT2D eigenvalue weighted by atomic mass is 32.2. The SMILES string of the molecule is COc1cc(/C=N/NC(=O)CSc2nc3ccccc3s2)ccc1OC(=O)c1ccccc1F. The number of thiazole rings is 1. The van der Waals surface area contributed by atoms with Crippen LogP contribution in [0.3, 0.4) is 0 Å². The van der Waals surface area contributed by atoms with E-state index >= 15 is 0 Å². The van der Waals surface area contributed by atoms with E-state index < -0.39 is 11.8 Å². The molecule has 0 radical (unpaired) electrons. The minimum atomic E-state index is -0.837.